The molecule has 1 N–H and O–H groups in total. The highest BCUT2D eigenvalue weighted by molar-refractivity contribution is 5.50. The lowest BCUT2D eigenvalue weighted by Gasteiger charge is -2.22. The Morgan fingerprint density at radius 3 is 3.00 bits per heavy atom. The second-order valence-electron chi connectivity index (χ2n) is 5.20. The summed E-state index contributed by atoms with van der Waals surface area (Å²) >= 11 is 0. The monoisotopic (exact) mass is 283 g/mol. The molecule has 0 saturated carbocycles. The molecule has 4 nitrogen and oxygen atoms in total. The van der Waals surface area contributed by atoms with Crippen LogP contribution < -0.4 is 15.0 Å². The maximum Gasteiger partial charge on any atom is 0.130 e. The maximum absolute atomic E-state index is 5.85. The van der Waals surface area contributed by atoms with Gasteiger partial charge in [-0.15, -0.1) is 0 Å². The molecule has 0 spiro atoms. The predicted octanol–water partition coefficient (Wildman–Crippen LogP) is 2.46. The van der Waals surface area contributed by atoms with Crippen molar-refractivity contribution >= 4 is 5.69 Å². The zero-order chi connectivity index (χ0) is 14.3. The van der Waals surface area contributed by atoms with Crippen LogP contribution in [0.15, 0.2) is 48.7 Å². The summed E-state index contributed by atoms with van der Waals surface area (Å²) in [6, 6.07) is 14.2. The van der Waals surface area contributed by atoms with Crippen LogP contribution in [0.1, 0.15) is 12.1 Å². The highest BCUT2D eigenvalue weighted by atomic mass is 16.5. The maximum atomic E-state index is 5.85. The molecule has 1 aliphatic heterocycles. The molecule has 0 amide bonds. The summed E-state index contributed by atoms with van der Waals surface area (Å²) in [6.07, 6.45) is 2.97. The topological polar surface area (TPSA) is 37.4 Å². The van der Waals surface area contributed by atoms with Crippen molar-refractivity contribution in [2.45, 2.75) is 13.0 Å². The molecule has 3 rings (SSSR count). The van der Waals surface area contributed by atoms with E-state index in [4.69, 9.17) is 4.74 Å². The minimum absolute atomic E-state index is 0.506. The van der Waals surface area contributed by atoms with E-state index in [0.29, 0.717) is 6.61 Å². The third-order valence-electron chi connectivity index (χ3n) is 3.64. The van der Waals surface area contributed by atoms with Crippen molar-refractivity contribution in [3.8, 4) is 5.75 Å². The first-order valence-electron chi connectivity index (χ1n) is 7.50. The van der Waals surface area contributed by atoms with Crippen LogP contribution in [0.3, 0.4) is 0 Å². The first-order valence-corrected chi connectivity index (χ1v) is 7.50. The lowest BCUT2D eigenvalue weighted by Crippen LogP contribution is -2.27. The minimum Gasteiger partial charge on any atom is -0.487 e. The standard InChI is InChI=1S/C17H21N3O/c1-2-9-19-15(5-1)14-21-17-7-3-6-16(13-17)20-11-4-8-18-10-12-20/h1-3,5-7,9,13,18H,4,8,10-12,14H2. The van der Waals surface area contributed by atoms with E-state index in [2.05, 4.69) is 33.4 Å². The van der Waals surface area contributed by atoms with E-state index in [1.807, 2.05) is 24.3 Å². The van der Waals surface area contributed by atoms with Gasteiger partial charge in [0.05, 0.1) is 5.69 Å². The molecule has 1 fully saturated rings. The molecule has 1 saturated heterocycles. The first-order chi connectivity index (χ1) is 10.4. The lowest BCUT2D eigenvalue weighted by atomic mass is 10.2. The van der Waals surface area contributed by atoms with Crippen molar-refractivity contribution < 1.29 is 4.74 Å². The van der Waals surface area contributed by atoms with Crippen LogP contribution in [0.2, 0.25) is 0 Å². The number of hydrogen-bond donors (Lipinski definition) is 1. The molecule has 1 aromatic heterocycles. The van der Waals surface area contributed by atoms with Gasteiger partial charge in [0, 0.05) is 37.6 Å². The number of anilines is 1. The molecule has 110 valence electrons. The summed E-state index contributed by atoms with van der Waals surface area (Å²) in [5.74, 6) is 0.898. The van der Waals surface area contributed by atoms with Gasteiger partial charge >= 0.3 is 0 Å². The number of pyridine rings is 1. The number of nitrogens with zero attached hydrogens (tertiary/aromatic N) is 2. The van der Waals surface area contributed by atoms with E-state index < -0.39 is 0 Å². The zero-order valence-corrected chi connectivity index (χ0v) is 12.2. The van der Waals surface area contributed by atoms with E-state index in [1.165, 1.54) is 12.1 Å². The van der Waals surface area contributed by atoms with Crippen molar-refractivity contribution in [2.75, 3.05) is 31.1 Å². The van der Waals surface area contributed by atoms with Crippen molar-refractivity contribution in [3.05, 3.63) is 54.4 Å². The van der Waals surface area contributed by atoms with Gasteiger partial charge in [0.25, 0.3) is 0 Å². The molecule has 2 aromatic rings. The molecular weight excluding hydrogens is 262 g/mol. The van der Waals surface area contributed by atoms with Gasteiger partial charge in [-0.05, 0) is 37.2 Å². The second kappa shape index (κ2) is 7.09. The lowest BCUT2D eigenvalue weighted by molar-refractivity contribution is 0.301. The van der Waals surface area contributed by atoms with Gasteiger partial charge in [-0.3, -0.25) is 4.98 Å². The molecule has 2 heterocycles. The highest BCUT2D eigenvalue weighted by Gasteiger charge is 2.10. The smallest absolute Gasteiger partial charge is 0.130 e. The van der Waals surface area contributed by atoms with Crippen LogP contribution in [0.25, 0.3) is 0 Å². The second-order valence-corrected chi connectivity index (χ2v) is 5.20. The van der Waals surface area contributed by atoms with E-state index in [0.717, 1.165) is 37.6 Å². The number of aromatic nitrogens is 1. The number of rotatable bonds is 4. The first kappa shape index (κ1) is 13.9. The molecular formula is C17H21N3O. The molecule has 0 unspecified atom stereocenters. The highest BCUT2D eigenvalue weighted by Crippen LogP contribution is 2.22. The Balaban J connectivity index is 1.65. The Morgan fingerprint density at radius 2 is 2.10 bits per heavy atom. The summed E-state index contributed by atoms with van der Waals surface area (Å²) < 4.78 is 5.85. The molecule has 4 heteroatoms. The van der Waals surface area contributed by atoms with Gasteiger partial charge < -0.3 is 15.0 Å². The SMILES string of the molecule is c1ccc(COc2cccc(N3CCCNCC3)c2)nc1. The number of hydrogen-bond acceptors (Lipinski definition) is 4. The van der Waals surface area contributed by atoms with Gasteiger partial charge in [-0.25, -0.2) is 0 Å². The van der Waals surface area contributed by atoms with Gasteiger partial charge in [0.2, 0.25) is 0 Å². The molecule has 1 aliphatic rings. The Morgan fingerprint density at radius 1 is 1.10 bits per heavy atom. The average Bonchev–Trinajstić information content (AvgIpc) is 2.83. The van der Waals surface area contributed by atoms with Crippen LogP contribution in [-0.2, 0) is 6.61 Å². The predicted molar refractivity (Wildman–Crippen MR) is 84.7 cm³/mol. The zero-order valence-electron chi connectivity index (χ0n) is 12.2. The largest absolute Gasteiger partial charge is 0.487 e. The van der Waals surface area contributed by atoms with Gasteiger partial charge in [0.1, 0.15) is 12.4 Å². The summed E-state index contributed by atoms with van der Waals surface area (Å²) in [5, 5.41) is 3.43. The van der Waals surface area contributed by atoms with Crippen LogP contribution in [0.4, 0.5) is 5.69 Å². The normalized spacial score (nSPS) is 15.5. The molecule has 0 bridgehead atoms. The van der Waals surface area contributed by atoms with Crippen LogP contribution in [-0.4, -0.2) is 31.2 Å². The molecule has 0 atom stereocenters. The summed E-state index contributed by atoms with van der Waals surface area (Å²) in [4.78, 5) is 6.69. The van der Waals surface area contributed by atoms with Gasteiger partial charge in [-0.2, -0.15) is 0 Å². The Bertz CT molecular complexity index is 551. The van der Waals surface area contributed by atoms with Crippen molar-refractivity contribution in [1.82, 2.24) is 10.3 Å². The van der Waals surface area contributed by atoms with Crippen molar-refractivity contribution in [3.63, 3.8) is 0 Å². The molecule has 1 aromatic carbocycles. The third kappa shape index (κ3) is 3.95. The molecule has 0 radical (unpaired) electrons. The van der Waals surface area contributed by atoms with Crippen LogP contribution >= 0.6 is 0 Å². The van der Waals surface area contributed by atoms with Crippen molar-refractivity contribution in [1.29, 1.82) is 0 Å². The summed E-state index contributed by atoms with van der Waals surface area (Å²) in [5.41, 5.74) is 2.18. The molecule has 21 heavy (non-hydrogen) atoms. The van der Waals surface area contributed by atoms with E-state index in [-0.39, 0.29) is 0 Å². The average molecular weight is 283 g/mol. The van der Waals surface area contributed by atoms with Gasteiger partial charge in [-0.1, -0.05) is 12.1 Å². The third-order valence-corrected chi connectivity index (χ3v) is 3.64. The minimum atomic E-state index is 0.506. The quantitative estimate of drug-likeness (QED) is 0.935. The Hall–Kier alpha value is -2.07. The fourth-order valence-electron chi connectivity index (χ4n) is 2.51. The number of nitrogens with one attached hydrogen (secondary N) is 1. The Kier molecular flexibility index (Phi) is 4.69. The number of benzene rings is 1. The number of ether oxygens (including phenoxy) is 1. The van der Waals surface area contributed by atoms with Crippen LogP contribution in [0, 0.1) is 0 Å². The Labute approximate surface area is 125 Å². The summed E-state index contributed by atoms with van der Waals surface area (Å²) in [7, 11) is 0. The van der Waals surface area contributed by atoms with E-state index in [9.17, 15) is 0 Å². The molecule has 0 aliphatic carbocycles. The fraction of sp³-hybridized carbons (Fsp3) is 0.353. The van der Waals surface area contributed by atoms with E-state index in [1.54, 1.807) is 6.20 Å². The van der Waals surface area contributed by atoms with Crippen molar-refractivity contribution in [2.24, 2.45) is 0 Å². The van der Waals surface area contributed by atoms with Gasteiger partial charge in [0.15, 0.2) is 0 Å². The van der Waals surface area contributed by atoms with Crippen LogP contribution in [0.5, 0.6) is 5.75 Å². The fourth-order valence-corrected chi connectivity index (χ4v) is 2.51. The van der Waals surface area contributed by atoms with E-state index >= 15 is 0 Å². The summed E-state index contributed by atoms with van der Waals surface area (Å²) in [6.45, 7) is 4.79.